The Hall–Kier alpha value is -4.54. The average molecular weight is 604 g/mol. The Labute approximate surface area is 262 Å². The molecule has 1 amide bonds. The normalized spacial score (nSPS) is 19.9. The van der Waals surface area contributed by atoms with E-state index in [2.05, 4.69) is 39.1 Å². The number of para-hydroxylation sites is 2. The minimum Gasteiger partial charge on any atom is -0.392 e. The van der Waals surface area contributed by atoms with Crippen LogP contribution in [0, 0.1) is 5.92 Å². The summed E-state index contributed by atoms with van der Waals surface area (Å²) in [6.45, 7) is 3.68. The van der Waals surface area contributed by atoms with Crippen LogP contribution in [0.1, 0.15) is 52.2 Å². The van der Waals surface area contributed by atoms with Gasteiger partial charge in [-0.15, -0.1) is 0 Å². The van der Waals surface area contributed by atoms with Crippen molar-refractivity contribution in [3.05, 3.63) is 131 Å². The third-order valence-electron chi connectivity index (χ3n) is 8.19. The van der Waals surface area contributed by atoms with E-state index in [9.17, 15) is 9.90 Å². The van der Waals surface area contributed by atoms with E-state index < -0.39 is 6.29 Å². The van der Waals surface area contributed by atoms with Gasteiger partial charge in [-0.25, -0.2) is 4.98 Å². The topological polar surface area (TPSA) is 110 Å². The van der Waals surface area contributed by atoms with Crippen molar-refractivity contribution in [2.45, 2.75) is 38.4 Å². The number of pyridine rings is 1. The molecule has 9 heteroatoms. The van der Waals surface area contributed by atoms with E-state index in [0.29, 0.717) is 17.7 Å². The number of ether oxygens (including phenoxy) is 2. The maximum Gasteiger partial charge on any atom is 0.275 e. The van der Waals surface area contributed by atoms with Gasteiger partial charge in [0, 0.05) is 48.6 Å². The van der Waals surface area contributed by atoms with E-state index in [1.807, 2.05) is 97.2 Å². The van der Waals surface area contributed by atoms with Crippen molar-refractivity contribution >= 4 is 22.6 Å². The highest BCUT2D eigenvalue weighted by Crippen LogP contribution is 2.42. The molecule has 45 heavy (non-hydrogen) atoms. The summed E-state index contributed by atoms with van der Waals surface area (Å²) in [5.41, 5.74) is 5.94. The van der Waals surface area contributed by atoms with Crippen molar-refractivity contribution in [2.75, 3.05) is 25.5 Å². The van der Waals surface area contributed by atoms with E-state index in [0.717, 1.165) is 40.9 Å². The molecule has 0 aliphatic carbocycles. The van der Waals surface area contributed by atoms with E-state index in [4.69, 9.17) is 9.47 Å². The number of carbonyl (C=O) groups excluding carboxylic acids is 1. The number of amides is 1. The van der Waals surface area contributed by atoms with Gasteiger partial charge in [-0.05, 0) is 54.6 Å². The fraction of sp³-hybridized carbons (Fsp3) is 0.278. The Kier molecular flexibility index (Phi) is 9.52. The van der Waals surface area contributed by atoms with Crippen molar-refractivity contribution in [1.82, 2.24) is 19.9 Å². The first-order valence-corrected chi connectivity index (χ1v) is 15.2. The van der Waals surface area contributed by atoms with Crippen molar-refractivity contribution in [3.63, 3.8) is 0 Å². The lowest BCUT2D eigenvalue weighted by atomic mass is 9.90. The second-order valence-electron chi connectivity index (χ2n) is 11.5. The number of aromatic nitrogens is 3. The lowest BCUT2D eigenvalue weighted by Crippen LogP contribution is -2.44. The van der Waals surface area contributed by atoms with Gasteiger partial charge in [0.05, 0.1) is 36.0 Å². The third kappa shape index (κ3) is 7.41. The highest BCUT2D eigenvalue weighted by Gasteiger charge is 2.39. The summed E-state index contributed by atoms with van der Waals surface area (Å²) in [6.07, 6.45) is 3.12. The highest BCUT2D eigenvalue weighted by atomic mass is 16.7. The molecule has 0 radical (unpaired) electrons. The fourth-order valence-corrected chi connectivity index (χ4v) is 5.60. The summed E-state index contributed by atoms with van der Waals surface area (Å²) < 4.78 is 13.3. The molecule has 0 unspecified atom stereocenters. The Bertz CT molecular complexity index is 1730. The first-order valence-electron chi connectivity index (χ1n) is 15.2. The number of aliphatic hydroxyl groups excluding tert-OH is 1. The largest absolute Gasteiger partial charge is 0.392 e. The van der Waals surface area contributed by atoms with Gasteiger partial charge in [0.2, 0.25) is 0 Å². The number of carbonyl (C=O) groups is 1. The van der Waals surface area contributed by atoms with E-state index in [1.54, 1.807) is 0 Å². The summed E-state index contributed by atoms with van der Waals surface area (Å²) in [6, 6.07) is 28.8. The van der Waals surface area contributed by atoms with E-state index >= 15 is 0 Å². The molecule has 1 aliphatic heterocycles. The van der Waals surface area contributed by atoms with Crippen LogP contribution in [0.25, 0.3) is 11.0 Å². The Morgan fingerprint density at radius 3 is 2.49 bits per heavy atom. The third-order valence-corrected chi connectivity index (χ3v) is 8.19. The van der Waals surface area contributed by atoms with Crippen molar-refractivity contribution in [1.29, 1.82) is 0 Å². The number of rotatable bonds is 10. The number of fused-ring (bicyclic) bond motifs is 1. The van der Waals surface area contributed by atoms with Crippen LogP contribution in [0.4, 0.5) is 5.69 Å². The zero-order valence-corrected chi connectivity index (χ0v) is 25.4. The number of nitrogens with zero attached hydrogens (tertiary/aromatic N) is 4. The summed E-state index contributed by atoms with van der Waals surface area (Å²) in [4.78, 5) is 28.7. The quantitative estimate of drug-likeness (QED) is 0.208. The van der Waals surface area contributed by atoms with Gasteiger partial charge >= 0.3 is 0 Å². The van der Waals surface area contributed by atoms with Crippen LogP contribution in [0.3, 0.4) is 0 Å². The van der Waals surface area contributed by atoms with Gasteiger partial charge < -0.3 is 24.8 Å². The zero-order chi connectivity index (χ0) is 31.2. The molecule has 1 saturated heterocycles. The van der Waals surface area contributed by atoms with Gasteiger partial charge in [0.15, 0.2) is 6.29 Å². The summed E-state index contributed by atoms with van der Waals surface area (Å²) >= 11 is 0. The van der Waals surface area contributed by atoms with Crippen LogP contribution in [0.15, 0.2) is 103 Å². The number of nitrogens with one attached hydrogen (secondary N) is 1. The maximum atomic E-state index is 13.1. The molecular weight excluding hydrogens is 566 g/mol. The molecule has 1 aliphatic rings. The molecule has 0 spiro atoms. The van der Waals surface area contributed by atoms with Gasteiger partial charge in [-0.2, -0.15) is 0 Å². The average Bonchev–Trinajstić information content (AvgIpc) is 3.08. The first-order chi connectivity index (χ1) is 22.0. The molecule has 0 saturated carbocycles. The monoisotopic (exact) mass is 603 g/mol. The second kappa shape index (κ2) is 14.0. The standard InChI is InChI=1S/C36H37N5O4/c1-24-33(22-41(2)19-17-28-9-5-6-18-37-28)44-36(45-34(24)26-15-13-25(23-42)14-16-26)27-8-7-10-29(20-27)39-35(43)32-21-38-30-11-3-4-12-31(30)40-32/h3-16,18,20-21,24,33-34,36,42H,17,19,22-23H2,1-2H3,(H,39,43)/t24-,33+,34+,36+/m0/s1. The maximum absolute atomic E-state index is 13.1. The van der Waals surface area contributed by atoms with E-state index in [-0.39, 0.29) is 36.3 Å². The van der Waals surface area contributed by atoms with Crippen molar-refractivity contribution in [3.8, 4) is 0 Å². The minimum atomic E-state index is -0.657. The second-order valence-corrected chi connectivity index (χ2v) is 11.5. The molecule has 2 N–H and O–H groups in total. The van der Waals surface area contributed by atoms with Crippen LogP contribution >= 0.6 is 0 Å². The Balaban J connectivity index is 1.21. The molecule has 230 valence electrons. The highest BCUT2D eigenvalue weighted by molar-refractivity contribution is 6.03. The van der Waals surface area contributed by atoms with Crippen LogP contribution in [-0.4, -0.2) is 57.1 Å². The number of anilines is 1. The van der Waals surface area contributed by atoms with Crippen LogP contribution in [0.2, 0.25) is 0 Å². The predicted octanol–water partition coefficient (Wildman–Crippen LogP) is 5.74. The molecule has 1 fully saturated rings. The van der Waals surface area contributed by atoms with Gasteiger partial charge in [-0.1, -0.05) is 61.5 Å². The van der Waals surface area contributed by atoms with Crippen LogP contribution < -0.4 is 5.32 Å². The molecule has 9 nitrogen and oxygen atoms in total. The SMILES string of the molecule is C[C@H]1[C@@H](CN(C)CCc2ccccn2)O[C@@H](c2cccc(NC(=O)c3cnc4ccccc4n3)c2)O[C@H]1c1ccc(CO)cc1. The molecule has 4 atom stereocenters. The molecular formula is C36H37N5O4. The van der Waals surface area contributed by atoms with Gasteiger partial charge in [0.1, 0.15) is 5.69 Å². The van der Waals surface area contributed by atoms with Crippen LogP contribution in [-0.2, 0) is 22.5 Å². The van der Waals surface area contributed by atoms with Crippen LogP contribution in [0.5, 0.6) is 0 Å². The van der Waals surface area contributed by atoms with Gasteiger partial charge in [-0.3, -0.25) is 14.8 Å². The summed E-state index contributed by atoms with van der Waals surface area (Å²) in [7, 11) is 2.10. The molecule has 2 aromatic heterocycles. The summed E-state index contributed by atoms with van der Waals surface area (Å²) in [5.74, 6) is -0.299. The Morgan fingerprint density at radius 1 is 0.911 bits per heavy atom. The van der Waals surface area contributed by atoms with Crippen molar-refractivity contribution in [2.24, 2.45) is 5.92 Å². The minimum absolute atomic E-state index is 0.0138. The predicted molar refractivity (Wildman–Crippen MR) is 172 cm³/mol. The first kappa shape index (κ1) is 30.5. The van der Waals surface area contributed by atoms with E-state index in [1.165, 1.54) is 6.20 Å². The zero-order valence-electron chi connectivity index (χ0n) is 25.4. The smallest absolute Gasteiger partial charge is 0.275 e. The lowest BCUT2D eigenvalue weighted by molar-refractivity contribution is -0.275. The molecule has 3 heterocycles. The number of hydrogen-bond acceptors (Lipinski definition) is 8. The molecule has 5 aromatic rings. The fourth-order valence-electron chi connectivity index (χ4n) is 5.60. The van der Waals surface area contributed by atoms with Crippen molar-refractivity contribution < 1.29 is 19.4 Å². The molecule has 0 bridgehead atoms. The lowest BCUT2D eigenvalue weighted by Gasteiger charge is -2.42. The van der Waals surface area contributed by atoms with Gasteiger partial charge in [0.25, 0.3) is 5.91 Å². The molecule has 3 aromatic carbocycles. The molecule has 6 rings (SSSR count). The summed E-state index contributed by atoms with van der Waals surface area (Å²) in [5, 5.41) is 12.5. The number of benzene rings is 3. The number of aliphatic hydroxyl groups is 1. The number of likely N-dealkylation sites (N-methyl/N-ethyl adjacent to an activating group) is 1. The Morgan fingerprint density at radius 2 is 1.71 bits per heavy atom. The number of hydrogen-bond donors (Lipinski definition) is 2.